The third-order valence-corrected chi connectivity index (χ3v) is 4.03. The van der Waals surface area contributed by atoms with Crippen LogP contribution in [0.1, 0.15) is 32.1 Å². The fraction of sp³-hybridized carbons (Fsp3) is 0.636. The molecule has 1 fully saturated rings. The molecule has 1 aliphatic rings. The van der Waals surface area contributed by atoms with E-state index in [4.69, 9.17) is 0 Å². The fourth-order valence-corrected chi connectivity index (χ4v) is 3.02. The molecule has 4 heteroatoms. The summed E-state index contributed by atoms with van der Waals surface area (Å²) in [7, 11) is 0. The van der Waals surface area contributed by atoms with E-state index in [0.29, 0.717) is 5.25 Å². The van der Waals surface area contributed by atoms with Crippen LogP contribution in [0.25, 0.3) is 0 Å². The van der Waals surface area contributed by atoms with Crippen LogP contribution in [0.5, 0.6) is 0 Å². The highest BCUT2D eigenvalue weighted by Gasteiger charge is 2.22. The molecular formula is C11H16N2OS. The van der Waals surface area contributed by atoms with Crippen molar-refractivity contribution in [3.05, 3.63) is 18.6 Å². The van der Waals surface area contributed by atoms with Crippen molar-refractivity contribution in [2.24, 2.45) is 0 Å². The van der Waals surface area contributed by atoms with Gasteiger partial charge in [-0.15, -0.1) is 0 Å². The lowest BCUT2D eigenvalue weighted by atomic mass is 10.1. The Morgan fingerprint density at radius 3 is 2.87 bits per heavy atom. The molecule has 3 nitrogen and oxygen atoms in total. The van der Waals surface area contributed by atoms with Gasteiger partial charge in [0.15, 0.2) is 0 Å². The van der Waals surface area contributed by atoms with Gasteiger partial charge in [0.05, 0.1) is 12.3 Å². The number of thioether (sulfide) groups is 1. The van der Waals surface area contributed by atoms with Crippen molar-refractivity contribution in [3.63, 3.8) is 0 Å². The van der Waals surface area contributed by atoms with Gasteiger partial charge < -0.3 is 5.11 Å². The second-order valence-corrected chi connectivity index (χ2v) is 5.16. The van der Waals surface area contributed by atoms with E-state index in [2.05, 4.69) is 9.97 Å². The van der Waals surface area contributed by atoms with Crippen molar-refractivity contribution in [1.29, 1.82) is 0 Å². The van der Waals surface area contributed by atoms with Gasteiger partial charge in [-0.25, -0.2) is 4.98 Å². The van der Waals surface area contributed by atoms with Gasteiger partial charge in [0.2, 0.25) is 0 Å². The summed E-state index contributed by atoms with van der Waals surface area (Å²) >= 11 is 1.66. The Labute approximate surface area is 94.3 Å². The third kappa shape index (κ3) is 3.18. The quantitative estimate of drug-likeness (QED) is 0.783. The van der Waals surface area contributed by atoms with E-state index in [1.54, 1.807) is 30.4 Å². The van der Waals surface area contributed by atoms with Gasteiger partial charge in [0.25, 0.3) is 0 Å². The molecule has 1 aromatic heterocycles. The van der Waals surface area contributed by atoms with Crippen molar-refractivity contribution in [3.8, 4) is 0 Å². The molecule has 0 bridgehead atoms. The van der Waals surface area contributed by atoms with E-state index in [1.807, 2.05) is 0 Å². The zero-order valence-corrected chi connectivity index (χ0v) is 9.49. The molecule has 1 saturated carbocycles. The summed E-state index contributed by atoms with van der Waals surface area (Å²) in [6, 6.07) is 0. The van der Waals surface area contributed by atoms with E-state index in [0.717, 1.165) is 24.3 Å². The molecule has 0 radical (unpaired) electrons. The van der Waals surface area contributed by atoms with Gasteiger partial charge in [0.1, 0.15) is 5.03 Å². The van der Waals surface area contributed by atoms with Crippen LogP contribution in [0.15, 0.2) is 23.6 Å². The predicted octanol–water partition coefficient (Wildman–Crippen LogP) is 2.26. The van der Waals surface area contributed by atoms with Gasteiger partial charge in [-0.05, 0) is 12.8 Å². The van der Waals surface area contributed by atoms with Crippen LogP contribution in [-0.2, 0) is 0 Å². The molecule has 1 N–H and O–H groups in total. The molecule has 1 heterocycles. The van der Waals surface area contributed by atoms with E-state index in [-0.39, 0.29) is 6.10 Å². The van der Waals surface area contributed by atoms with Gasteiger partial charge >= 0.3 is 0 Å². The summed E-state index contributed by atoms with van der Waals surface area (Å²) in [4.78, 5) is 8.26. The van der Waals surface area contributed by atoms with Gasteiger partial charge in [-0.3, -0.25) is 4.98 Å². The molecule has 0 amide bonds. The second-order valence-electron chi connectivity index (χ2n) is 3.91. The molecule has 2 rings (SSSR count). The summed E-state index contributed by atoms with van der Waals surface area (Å²) in [6.45, 7) is 0. The molecule has 0 aliphatic heterocycles. The highest BCUT2D eigenvalue weighted by Crippen LogP contribution is 2.31. The van der Waals surface area contributed by atoms with Crippen molar-refractivity contribution < 1.29 is 5.11 Å². The maximum absolute atomic E-state index is 9.94. The number of aliphatic hydroxyl groups excluding tert-OH is 1. The Morgan fingerprint density at radius 1 is 1.20 bits per heavy atom. The molecule has 1 aromatic rings. The van der Waals surface area contributed by atoms with Gasteiger partial charge in [-0.2, -0.15) is 0 Å². The van der Waals surface area contributed by atoms with Crippen molar-refractivity contribution in [1.82, 2.24) is 9.97 Å². The van der Waals surface area contributed by atoms with Gasteiger partial charge in [0, 0.05) is 17.6 Å². The van der Waals surface area contributed by atoms with Crippen molar-refractivity contribution in [2.45, 2.75) is 48.5 Å². The number of rotatable bonds is 2. The number of nitrogens with zero attached hydrogens (tertiary/aromatic N) is 2. The number of hydrogen-bond donors (Lipinski definition) is 1. The van der Waals surface area contributed by atoms with Crippen molar-refractivity contribution in [2.75, 3.05) is 0 Å². The average Bonchev–Trinajstić information content (AvgIpc) is 2.46. The molecule has 0 saturated heterocycles. The maximum atomic E-state index is 9.94. The lowest BCUT2D eigenvalue weighted by molar-refractivity contribution is 0.163. The monoisotopic (exact) mass is 224 g/mol. The van der Waals surface area contributed by atoms with Crippen LogP contribution >= 0.6 is 11.8 Å². The molecule has 82 valence electrons. The highest BCUT2D eigenvalue weighted by molar-refractivity contribution is 7.99. The van der Waals surface area contributed by atoms with Crippen LogP contribution in [0.2, 0.25) is 0 Å². The first kappa shape index (κ1) is 10.9. The first-order valence-electron chi connectivity index (χ1n) is 5.47. The SMILES string of the molecule is OC1CCCCCC1Sc1cnccn1. The maximum Gasteiger partial charge on any atom is 0.115 e. The van der Waals surface area contributed by atoms with Crippen LogP contribution in [-0.4, -0.2) is 26.4 Å². The summed E-state index contributed by atoms with van der Waals surface area (Å²) < 4.78 is 0. The summed E-state index contributed by atoms with van der Waals surface area (Å²) in [5, 5.41) is 11.2. The molecule has 0 spiro atoms. The third-order valence-electron chi connectivity index (χ3n) is 2.73. The Kier molecular flexibility index (Phi) is 3.97. The molecule has 1 aliphatic carbocycles. The zero-order chi connectivity index (χ0) is 10.5. The average molecular weight is 224 g/mol. The number of aromatic nitrogens is 2. The van der Waals surface area contributed by atoms with Crippen molar-refractivity contribution >= 4 is 11.8 Å². The second kappa shape index (κ2) is 5.47. The summed E-state index contributed by atoms with van der Waals surface area (Å²) in [5.41, 5.74) is 0. The minimum Gasteiger partial charge on any atom is -0.392 e. The first-order valence-corrected chi connectivity index (χ1v) is 6.35. The van der Waals surface area contributed by atoms with Gasteiger partial charge in [-0.1, -0.05) is 31.0 Å². The van der Waals surface area contributed by atoms with Crippen LogP contribution in [0.4, 0.5) is 0 Å². The Morgan fingerprint density at radius 2 is 2.07 bits per heavy atom. The van der Waals surface area contributed by atoms with E-state index in [1.165, 1.54) is 12.8 Å². The topological polar surface area (TPSA) is 46.0 Å². The smallest absolute Gasteiger partial charge is 0.115 e. The zero-order valence-electron chi connectivity index (χ0n) is 8.67. The Hall–Kier alpha value is -0.610. The molecule has 0 aromatic carbocycles. The molecular weight excluding hydrogens is 208 g/mol. The molecule has 2 unspecified atom stereocenters. The first-order chi connectivity index (χ1) is 7.36. The van der Waals surface area contributed by atoms with E-state index >= 15 is 0 Å². The molecule has 15 heavy (non-hydrogen) atoms. The van der Waals surface area contributed by atoms with Crippen LogP contribution < -0.4 is 0 Å². The lowest BCUT2D eigenvalue weighted by Crippen LogP contribution is -2.21. The lowest BCUT2D eigenvalue weighted by Gasteiger charge is -2.18. The van der Waals surface area contributed by atoms with Crippen LogP contribution in [0, 0.1) is 0 Å². The summed E-state index contributed by atoms with van der Waals surface area (Å²) in [5.74, 6) is 0. The fourth-order valence-electron chi connectivity index (χ4n) is 1.89. The predicted molar refractivity (Wildman–Crippen MR) is 60.8 cm³/mol. The highest BCUT2D eigenvalue weighted by atomic mass is 32.2. The number of hydrogen-bond acceptors (Lipinski definition) is 4. The normalized spacial score (nSPS) is 27.3. The number of aliphatic hydroxyl groups is 1. The van der Waals surface area contributed by atoms with E-state index in [9.17, 15) is 5.11 Å². The van der Waals surface area contributed by atoms with E-state index < -0.39 is 0 Å². The standard InChI is InChI=1S/C11H16N2OS/c14-9-4-2-1-3-5-10(9)15-11-8-12-6-7-13-11/h6-10,14H,1-5H2. The summed E-state index contributed by atoms with van der Waals surface area (Å²) in [6.07, 6.45) is 10.6. The Bertz CT molecular complexity index is 294. The molecule has 2 atom stereocenters. The Balaban J connectivity index is 1.97. The minimum atomic E-state index is -0.181. The van der Waals surface area contributed by atoms with Crippen LogP contribution in [0.3, 0.4) is 0 Å². The largest absolute Gasteiger partial charge is 0.392 e. The minimum absolute atomic E-state index is 0.181.